The predicted octanol–water partition coefficient (Wildman–Crippen LogP) is 2.07. The first-order valence-corrected chi connectivity index (χ1v) is 5.30. The Kier molecular flexibility index (Phi) is 2.82. The summed E-state index contributed by atoms with van der Waals surface area (Å²) in [5.74, 6) is 1.82. The van der Waals surface area contributed by atoms with Crippen LogP contribution < -0.4 is 9.47 Å². The normalized spacial score (nSPS) is 15.4. The first-order valence-electron chi connectivity index (χ1n) is 5.30. The largest absolute Gasteiger partial charge is 0.454 e. The summed E-state index contributed by atoms with van der Waals surface area (Å²) in [6.45, 7) is 4.56. The van der Waals surface area contributed by atoms with Crippen molar-refractivity contribution in [1.82, 2.24) is 0 Å². The maximum atomic E-state index is 9.18. The van der Waals surface area contributed by atoms with Crippen LogP contribution in [0.3, 0.4) is 0 Å². The molecule has 0 aromatic heterocycles. The minimum absolute atomic E-state index is 0.148. The number of fused-ring (bicyclic) bond motifs is 1. The summed E-state index contributed by atoms with van der Waals surface area (Å²) >= 11 is 0. The number of ether oxygens (including phenoxy) is 2. The van der Waals surface area contributed by atoms with Crippen molar-refractivity contribution in [1.29, 1.82) is 0 Å². The Morgan fingerprint density at radius 2 is 2.20 bits per heavy atom. The van der Waals surface area contributed by atoms with Gasteiger partial charge in [0.15, 0.2) is 11.5 Å². The molecule has 1 unspecified atom stereocenters. The van der Waals surface area contributed by atoms with Crippen molar-refractivity contribution in [2.45, 2.75) is 26.2 Å². The van der Waals surface area contributed by atoms with Gasteiger partial charge in [0.1, 0.15) is 0 Å². The van der Waals surface area contributed by atoms with Crippen LogP contribution in [0.25, 0.3) is 0 Å². The highest BCUT2D eigenvalue weighted by atomic mass is 16.7. The fraction of sp³-hybridized carbons (Fsp3) is 0.500. The molecule has 0 saturated heterocycles. The first-order chi connectivity index (χ1) is 7.27. The number of hydrogen-bond donors (Lipinski definition) is 1. The van der Waals surface area contributed by atoms with E-state index in [4.69, 9.17) is 9.47 Å². The molecule has 1 heterocycles. The van der Waals surface area contributed by atoms with Crippen molar-refractivity contribution in [3.63, 3.8) is 0 Å². The average molecular weight is 208 g/mol. The highest BCUT2D eigenvalue weighted by molar-refractivity contribution is 5.53. The van der Waals surface area contributed by atoms with Crippen molar-refractivity contribution < 1.29 is 14.6 Å². The van der Waals surface area contributed by atoms with Crippen LogP contribution in [0.4, 0.5) is 0 Å². The molecule has 0 fully saturated rings. The molecule has 0 aliphatic carbocycles. The lowest BCUT2D eigenvalue weighted by molar-refractivity contribution is 0.173. The Labute approximate surface area is 89.6 Å². The summed E-state index contributed by atoms with van der Waals surface area (Å²) in [6, 6.07) is 3.94. The molecule has 82 valence electrons. The van der Waals surface area contributed by atoms with Crippen molar-refractivity contribution >= 4 is 0 Å². The molecule has 0 amide bonds. The molecule has 1 aliphatic heterocycles. The topological polar surface area (TPSA) is 38.7 Å². The Morgan fingerprint density at radius 1 is 1.40 bits per heavy atom. The minimum atomic E-state index is 0.148. The van der Waals surface area contributed by atoms with Gasteiger partial charge in [-0.1, -0.05) is 19.9 Å². The Morgan fingerprint density at radius 3 is 2.87 bits per heavy atom. The van der Waals surface area contributed by atoms with Gasteiger partial charge in [-0.05, 0) is 18.1 Å². The molecular weight excluding hydrogens is 192 g/mol. The van der Waals surface area contributed by atoms with Crippen LogP contribution in [0.5, 0.6) is 11.5 Å². The third kappa shape index (κ3) is 1.67. The molecule has 1 aliphatic rings. The number of aliphatic hydroxyl groups excluding tert-OH is 1. The van der Waals surface area contributed by atoms with Crippen LogP contribution >= 0.6 is 0 Å². The lowest BCUT2D eigenvalue weighted by atomic mass is 9.94. The summed E-state index contributed by atoms with van der Waals surface area (Å²) in [5.41, 5.74) is 2.32. The second-order valence-corrected chi connectivity index (χ2v) is 3.80. The van der Waals surface area contributed by atoms with E-state index in [1.807, 2.05) is 19.1 Å². The van der Waals surface area contributed by atoms with Crippen LogP contribution in [-0.4, -0.2) is 18.5 Å². The van der Waals surface area contributed by atoms with Crippen LogP contribution in [0.1, 0.15) is 30.9 Å². The van der Waals surface area contributed by atoms with Crippen molar-refractivity contribution in [3.8, 4) is 11.5 Å². The number of rotatable bonds is 3. The molecule has 0 saturated carbocycles. The molecule has 1 aromatic carbocycles. The fourth-order valence-electron chi connectivity index (χ4n) is 1.97. The molecular formula is C12H16O3. The highest BCUT2D eigenvalue weighted by Gasteiger charge is 2.21. The zero-order valence-corrected chi connectivity index (χ0v) is 9.12. The minimum Gasteiger partial charge on any atom is -0.454 e. The summed E-state index contributed by atoms with van der Waals surface area (Å²) in [5, 5.41) is 9.18. The van der Waals surface area contributed by atoms with Crippen molar-refractivity contribution in [3.05, 3.63) is 23.3 Å². The molecule has 3 heteroatoms. The van der Waals surface area contributed by atoms with Crippen LogP contribution in [0, 0.1) is 0 Å². The van der Waals surface area contributed by atoms with E-state index >= 15 is 0 Å². The average Bonchev–Trinajstić information content (AvgIpc) is 2.74. The van der Waals surface area contributed by atoms with Gasteiger partial charge in [-0.2, -0.15) is 0 Å². The van der Waals surface area contributed by atoms with Gasteiger partial charge < -0.3 is 14.6 Å². The zero-order chi connectivity index (χ0) is 10.8. The highest BCUT2D eigenvalue weighted by Crippen LogP contribution is 2.39. The number of aliphatic hydroxyl groups is 1. The number of hydrogen-bond acceptors (Lipinski definition) is 3. The lowest BCUT2D eigenvalue weighted by Gasteiger charge is -2.15. The molecule has 0 bridgehead atoms. The maximum absolute atomic E-state index is 9.18. The smallest absolute Gasteiger partial charge is 0.231 e. The van der Waals surface area contributed by atoms with E-state index in [-0.39, 0.29) is 12.5 Å². The summed E-state index contributed by atoms with van der Waals surface area (Å²) in [4.78, 5) is 0. The van der Waals surface area contributed by atoms with Gasteiger partial charge in [-0.3, -0.25) is 0 Å². The monoisotopic (exact) mass is 208 g/mol. The Hall–Kier alpha value is -1.22. The van der Waals surface area contributed by atoms with Gasteiger partial charge in [0.25, 0.3) is 0 Å². The molecule has 3 nitrogen and oxygen atoms in total. The summed E-state index contributed by atoms with van der Waals surface area (Å²) in [7, 11) is 0. The van der Waals surface area contributed by atoms with Crippen molar-refractivity contribution in [2.24, 2.45) is 0 Å². The lowest BCUT2D eigenvalue weighted by Crippen LogP contribution is -2.03. The van der Waals surface area contributed by atoms with Gasteiger partial charge in [0.2, 0.25) is 6.79 Å². The standard InChI is InChI=1S/C12H16O3/c1-3-9-10(8(2)6-13)4-5-11-12(9)15-7-14-11/h4-5,8,13H,3,6-7H2,1-2H3. The van der Waals surface area contributed by atoms with Gasteiger partial charge in [0.05, 0.1) is 0 Å². The molecule has 1 aromatic rings. The molecule has 2 rings (SSSR count). The molecule has 0 radical (unpaired) electrons. The molecule has 0 spiro atoms. The van der Waals surface area contributed by atoms with E-state index in [0.717, 1.165) is 29.0 Å². The number of benzene rings is 1. The van der Waals surface area contributed by atoms with Crippen LogP contribution in [0.2, 0.25) is 0 Å². The van der Waals surface area contributed by atoms with Crippen LogP contribution in [0.15, 0.2) is 12.1 Å². The first kappa shape index (κ1) is 10.3. The van der Waals surface area contributed by atoms with E-state index < -0.39 is 0 Å². The van der Waals surface area contributed by atoms with Gasteiger partial charge in [0, 0.05) is 18.1 Å². The van der Waals surface area contributed by atoms with Gasteiger partial charge >= 0.3 is 0 Å². The predicted molar refractivity (Wildman–Crippen MR) is 57.4 cm³/mol. The van der Waals surface area contributed by atoms with Crippen molar-refractivity contribution in [2.75, 3.05) is 13.4 Å². The Balaban J connectivity index is 2.48. The maximum Gasteiger partial charge on any atom is 0.231 e. The molecule has 1 N–H and O–H groups in total. The Bertz CT molecular complexity index is 360. The molecule has 15 heavy (non-hydrogen) atoms. The van der Waals surface area contributed by atoms with Crippen LogP contribution in [-0.2, 0) is 6.42 Å². The summed E-state index contributed by atoms with van der Waals surface area (Å²) in [6.07, 6.45) is 0.895. The quantitative estimate of drug-likeness (QED) is 0.826. The SMILES string of the molecule is CCc1c(C(C)CO)ccc2c1OCO2. The van der Waals surface area contributed by atoms with Gasteiger partial charge in [-0.25, -0.2) is 0 Å². The van der Waals surface area contributed by atoms with E-state index in [1.165, 1.54) is 0 Å². The van der Waals surface area contributed by atoms with Gasteiger partial charge in [-0.15, -0.1) is 0 Å². The second kappa shape index (κ2) is 4.11. The van der Waals surface area contributed by atoms with E-state index in [2.05, 4.69) is 6.92 Å². The fourth-order valence-corrected chi connectivity index (χ4v) is 1.97. The van der Waals surface area contributed by atoms with E-state index in [0.29, 0.717) is 6.79 Å². The second-order valence-electron chi connectivity index (χ2n) is 3.80. The van der Waals surface area contributed by atoms with E-state index in [1.54, 1.807) is 0 Å². The third-order valence-corrected chi connectivity index (χ3v) is 2.84. The third-order valence-electron chi connectivity index (χ3n) is 2.84. The summed E-state index contributed by atoms with van der Waals surface area (Å²) < 4.78 is 10.8. The molecule has 1 atom stereocenters. The van der Waals surface area contributed by atoms with E-state index in [9.17, 15) is 5.11 Å². The zero-order valence-electron chi connectivity index (χ0n) is 9.12.